The highest BCUT2D eigenvalue weighted by Gasteiger charge is 2.39. The number of halogens is 2. The average molecular weight is 415 g/mol. The summed E-state index contributed by atoms with van der Waals surface area (Å²) in [7, 11) is 0. The fourth-order valence-electron chi connectivity index (χ4n) is 3.31. The first-order valence-electron chi connectivity index (χ1n) is 8.84. The maximum absolute atomic E-state index is 13.8. The largest absolute Gasteiger partial charge is 0.361 e. The zero-order chi connectivity index (χ0) is 20.5. The maximum Gasteiger partial charge on any atom is 0.325 e. The highest BCUT2D eigenvalue weighted by atomic mass is 35.5. The van der Waals surface area contributed by atoms with Crippen molar-refractivity contribution >= 4 is 46.0 Å². The molecule has 1 saturated heterocycles. The summed E-state index contributed by atoms with van der Waals surface area (Å²) >= 11 is 5.68. The molecule has 4 rings (SSSR count). The number of para-hydroxylation sites is 1. The Bertz CT molecular complexity index is 1130. The van der Waals surface area contributed by atoms with E-state index in [9.17, 15) is 18.8 Å². The quantitative estimate of drug-likeness (QED) is 0.560. The number of nitrogens with one attached hydrogen (secondary N) is 3. The van der Waals surface area contributed by atoms with Crippen LogP contribution < -0.4 is 10.6 Å². The minimum atomic E-state index is -0.776. The minimum absolute atomic E-state index is 0.0817. The number of carbonyl (C=O) groups is 3. The van der Waals surface area contributed by atoms with E-state index in [1.54, 1.807) is 6.20 Å². The SMILES string of the molecule is O=C(CN1C(=O)N[C@H](Cc2c[nH]c3ccccc23)C1=O)Nc1ccc(Cl)cc1F. The molecule has 1 fully saturated rings. The first kappa shape index (κ1) is 18.9. The van der Waals surface area contributed by atoms with Gasteiger partial charge in [-0.3, -0.25) is 14.5 Å². The number of urea groups is 1. The normalized spacial score (nSPS) is 16.3. The molecule has 29 heavy (non-hydrogen) atoms. The third-order valence-electron chi connectivity index (χ3n) is 4.71. The molecule has 1 atom stereocenters. The standard InChI is InChI=1S/C20H16ClFN4O3/c21-12-5-6-16(14(22)8-12)24-18(27)10-26-19(28)17(25-20(26)29)7-11-9-23-15-4-2-1-3-13(11)15/h1-6,8-9,17,23H,7,10H2,(H,24,27)(H,25,29)/t17-/m1/s1. The number of hydrogen-bond donors (Lipinski definition) is 3. The van der Waals surface area contributed by atoms with Crippen LogP contribution >= 0.6 is 11.6 Å². The number of carbonyl (C=O) groups excluding carboxylic acids is 3. The van der Waals surface area contributed by atoms with E-state index in [1.165, 1.54) is 12.1 Å². The van der Waals surface area contributed by atoms with Crippen molar-refractivity contribution in [3.63, 3.8) is 0 Å². The van der Waals surface area contributed by atoms with Gasteiger partial charge in [-0.25, -0.2) is 9.18 Å². The maximum atomic E-state index is 13.8. The molecule has 4 amide bonds. The molecule has 0 saturated carbocycles. The predicted octanol–water partition coefficient (Wildman–Crippen LogP) is 3.06. The molecule has 0 radical (unpaired) electrons. The number of amides is 4. The minimum Gasteiger partial charge on any atom is -0.361 e. The summed E-state index contributed by atoms with van der Waals surface area (Å²) in [6.07, 6.45) is 2.08. The van der Waals surface area contributed by atoms with Gasteiger partial charge in [0.05, 0.1) is 5.69 Å². The molecular formula is C20H16ClFN4O3. The van der Waals surface area contributed by atoms with E-state index in [1.807, 2.05) is 24.3 Å². The number of aromatic nitrogens is 1. The van der Waals surface area contributed by atoms with Crippen molar-refractivity contribution in [3.8, 4) is 0 Å². The molecule has 148 valence electrons. The second kappa shape index (κ2) is 7.56. The van der Waals surface area contributed by atoms with Crippen molar-refractivity contribution in [2.24, 2.45) is 0 Å². The number of H-pyrrole nitrogens is 1. The first-order chi connectivity index (χ1) is 13.9. The summed E-state index contributed by atoms with van der Waals surface area (Å²) in [4.78, 5) is 41.0. The lowest BCUT2D eigenvalue weighted by Crippen LogP contribution is -2.38. The predicted molar refractivity (Wildman–Crippen MR) is 106 cm³/mol. The number of fused-ring (bicyclic) bond motifs is 1. The van der Waals surface area contributed by atoms with Crippen LogP contribution in [0.2, 0.25) is 5.02 Å². The van der Waals surface area contributed by atoms with Crippen LogP contribution in [0.4, 0.5) is 14.9 Å². The van der Waals surface area contributed by atoms with Crippen LogP contribution in [0.5, 0.6) is 0 Å². The van der Waals surface area contributed by atoms with Gasteiger partial charge in [-0.15, -0.1) is 0 Å². The van der Waals surface area contributed by atoms with Crippen molar-refractivity contribution < 1.29 is 18.8 Å². The average Bonchev–Trinajstić information content (AvgIpc) is 3.21. The van der Waals surface area contributed by atoms with Crippen molar-refractivity contribution in [3.05, 3.63) is 65.1 Å². The zero-order valence-corrected chi connectivity index (χ0v) is 15.8. The van der Waals surface area contributed by atoms with Crippen molar-refractivity contribution in [1.82, 2.24) is 15.2 Å². The van der Waals surface area contributed by atoms with E-state index in [2.05, 4.69) is 15.6 Å². The molecule has 0 unspecified atom stereocenters. The Morgan fingerprint density at radius 1 is 1.21 bits per heavy atom. The zero-order valence-electron chi connectivity index (χ0n) is 15.0. The Morgan fingerprint density at radius 2 is 2.00 bits per heavy atom. The van der Waals surface area contributed by atoms with E-state index in [-0.39, 0.29) is 10.7 Å². The smallest absolute Gasteiger partial charge is 0.325 e. The van der Waals surface area contributed by atoms with E-state index in [4.69, 9.17) is 11.6 Å². The van der Waals surface area contributed by atoms with Crippen LogP contribution in [0.3, 0.4) is 0 Å². The number of imide groups is 1. The van der Waals surface area contributed by atoms with Crippen LogP contribution in [0.1, 0.15) is 5.56 Å². The van der Waals surface area contributed by atoms with Gasteiger partial charge in [0.2, 0.25) is 5.91 Å². The number of hydrogen-bond acceptors (Lipinski definition) is 3. The molecule has 0 spiro atoms. The van der Waals surface area contributed by atoms with Gasteiger partial charge in [-0.2, -0.15) is 0 Å². The molecule has 9 heteroatoms. The second-order valence-corrected chi connectivity index (χ2v) is 7.10. The molecule has 3 aromatic rings. The Kier molecular flexibility index (Phi) is 4.94. The van der Waals surface area contributed by atoms with Gasteiger partial charge in [0, 0.05) is 28.5 Å². The molecule has 0 aliphatic carbocycles. The van der Waals surface area contributed by atoms with E-state index >= 15 is 0 Å². The summed E-state index contributed by atoms with van der Waals surface area (Å²) in [5.74, 6) is -1.91. The Labute approximate surface area is 169 Å². The Balaban J connectivity index is 1.43. The molecule has 2 heterocycles. The van der Waals surface area contributed by atoms with E-state index < -0.39 is 36.2 Å². The van der Waals surface area contributed by atoms with Crippen LogP contribution in [0.25, 0.3) is 10.9 Å². The molecule has 1 aromatic heterocycles. The molecule has 1 aliphatic rings. The number of nitrogens with zero attached hydrogens (tertiary/aromatic N) is 1. The fourth-order valence-corrected chi connectivity index (χ4v) is 3.47. The van der Waals surface area contributed by atoms with Gasteiger partial charge >= 0.3 is 6.03 Å². The van der Waals surface area contributed by atoms with Crippen LogP contribution in [-0.4, -0.2) is 40.3 Å². The van der Waals surface area contributed by atoms with Gasteiger partial charge in [-0.05, 0) is 29.8 Å². The lowest BCUT2D eigenvalue weighted by Gasteiger charge is -2.13. The lowest BCUT2D eigenvalue weighted by molar-refractivity contribution is -0.130. The van der Waals surface area contributed by atoms with Gasteiger partial charge in [0.15, 0.2) is 0 Å². The molecule has 7 nitrogen and oxygen atoms in total. The highest BCUT2D eigenvalue weighted by molar-refractivity contribution is 6.30. The molecule has 2 aromatic carbocycles. The van der Waals surface area contributed by atoms with Crippen LogP contribution in [0.15, 0.2) is 48.7 Å². The number of aromatic amines is 1. The highest BCUT2D eigenvalue weighted by Crippen LogP contribution is 2.22. The van der Waals surface area contributed by atoms with Gasteiger partial charge in [-0.1, -0.05) is 29.8 Å². The topological polar surface area (TPSA) is 94.3 Å². The summed E-state index contributed by atoms with van der Waals surface area (Å²) in [5.41, 5.74) is 1.73. The molecule has 1 aliphatic heterocycles. The third-order valence-corrected chi connectivity index (χ3v) is 4.95. The first-order valence-corrected chi connectivity index (χ1v) is 9.22. The van der Waals surface area contributed by atoms with E-state index in [0.29, 0.717) is 6.42 Å². The van der Waals surface area contributed by atoms with Crippen LogP contribution in [0, 0.1) is 5.82 Å². The second-order valence-electron chi connectivity index (χ2n) is 6.66. The molecule has 0 bridgehead atoms. The van der Waals surface area contributed by atoms with E-state index in [0.717, 1.165) is 27.4 Å². The summed E-state index contributed by atoms with van der Waals surface area (Å²) in [5, 5.41) is 6.09. The lowest BCUT2D eigenvalue weighted by atomic mass is 10.1. The van der Waals surface area contributed by atoms with Crippen molar-refractivity contribution in [2.75, 3.05) is 11.9 Å². The summed E-state index contributed by atoms with van der Waals surface area (Å²) < 4.78 is 13.8. The van der Waals surface area contributed by atoms with Crippen LogP contribution in [-0.2, 0) is 16.0 Å². The molecule has 3 N–H and O–H groups in total. The fraction of sp³-hybridized carbons (Fsp3) is 0.150. The Hall–Kier alpha value is -3.39. The van der Waals surface area contributed by atoms with Gasteiger partial charge < -0.3 is 15.6 Å². The van der Waals surface area contributed by atoms with Crippen molar-refractivity contribution in [2.45, 2.75) is 12.5 Å². The third kappa shape index (κ3) is 3.79. The van der Waals surface area contributed by atoms with Crippen molar-refractivity contribution in [1.29, 1.82) is 0 Å². The monoisotopic (exact) mass is 414 g/mol. The number of rotatable bonds is 5. The van der Waals surface area contributed by atoms with Gasteiger partial charge in [0.1, 0.15) is 18.4 Å². The summed E-state index contributed by atoms with van der Waals surface area (Å²) in [6.45, 7) is -0.517. The number of benzene rings is 2. The summed E-state index contributed by atoms with van der Waals surface area (Å²) in [6, 6.07) is 9.98. The number of anilines is 1. The van der Waals surface area contributed by atoms with Gasteiger partial charge in [0.25, 0.3) is 5.91 Å². The molecular weight excluding hydrogens is 399 g/mol. The Morgan fingerprint density at radius 3 is 2.79 bits per heavy atom.